The van der Waals surface area contributed by atoms with Gasteiger partial charge in [0.05, 0.1) is 12.5 Å². The van der Waals surface area contributed by atoms with Gasteiger partial charge >= 0.3 is 5.97 Å². The highest BCUT2D eigenvalue weighted by Gasteiger charge is 2.64. The molecule has 5 rings (SSSR count). The minimum absolute atomic E-state index is 0.0451. The Morgan fingerprint density at radius 2 is 1.79 bits per heavy atom. The van der Waals surface area contributed by atoms with E-state index < -0.39 is 0 Å². The van der Waals surface area contributed by atoms with Crippen LogP contribution < -0.4 is 0 Å². The topological polar surface area (TPSA) is 46.5 Å². The summed E-state index contributed by atoms with van der Waals surface area (Å²) in [6, 6.07) is 0. The Bertz CT molecular complexity index is 559. The largest absolute Gasteiger partial charge is 0.461 e. The maximum Gasteiger partial charge on any atom is 0.306 e. The predicted octanol–water partition coefficient (Wildman–Crippen LogP) is 3.93. The number of fused-ring (bicyclic) bond motifs is 7. The van der Waals surface area contributed by atoms with Crippen molar-refractivity contribution in [3.63, 3.8) is 0 Å². The molecule has 5 fully saturated rings. The van der Waals surface area contributed by atoms with Crippen LogP contribution in [0.3, 0.4) is 0 Å². The van der Waals surface area contributed by atoms with Crippen molar-refractivity contribution in [1.29, 1.82) is 0 Å². The van der Waals surface area contributed by atoms with Crippen molar-refractivity contribution in [3.05, 3.63) is 0 Å². The molecule has 1 N–H and O–H groups in total. The van der Waals surface area contributed by atoms with E-state index >= 15 is 0 Å². The number of aliphatic hydroxyl groups is 1. The molecule has 24 heavy (non-hydrogen) atoms. The van der Waals surface area contributed by atoms with Gasteiger partial charge in [0.15, 0.2) is 0 Å². The zero-order valence-electron chi connectivity index (χ0n) is 15.2. The minimum atomic E-state index is -0.0567. The molecule has 0 aromatic carbocycles. The summed E-state index contributed by atoms with van der Waals surface area (Å²) in [5, 5.41) is 10.1. The molecule has 1 heterocycles. The first-order valence-corrected chi connectivity index (χ1v) is 10.3. The van der Waals surface area contributed by atoms with Crippen molar-refractivity contribution in [2.45, 2.75) is 83.8 Å². The van der Waals surface area contributed by atoms with E-state index in [9.17, 15) is 9.90 Å². The van der Waals surface area contributed by atoms with E-state index in [0.29, 0.717) is 17.8 Å². The fraction of sp³-hybridized carbons (Fsp3) is 0.952. The van der Waals surface area contributed by atoms with Crippen LogP contribution in [0.15, 0.2) is 0 Å². The zero-order valence-corrected chi connectivity index (χ0v) is 15.2. The van der Waals surface area contributed by atoms with E-state index in [4.69, 9.17) is 4.74 Å². The number of carbonyl (C=O) groups excluding carboxylic acids is 1. The molecular weight excluding hydrogens is 300 g/mol. The van der Waals surface area contributed by atoms with Gasteiger partial charge < -0.3 is 9.84 Å². The standard InChI is InChI=1S/C21H32O3/c1-20-7-5-14(22)11-13(20)3-4-15-16(20)6-8-21(2)17(15)9-12-10-18(23)24-19(12)21/h12-17,19,22H,3-11H2,1-2H3/t12-,13+,14+,15+,16-,17-,19-,20-,21-/m0/s1. The smallest absolute Gasteiger partial charge is 0.306 e. The quantitative estimate of drug-likeness (QED) is 0.684. The fourth-order valence-electron chi connectivity index (χ4n) is 8.19. The lowest BCUT2D eigenvalue weighted by molar-refractivity contribution is -0.158. The van der Waals surface area contributed by atoms with Gasteiger partial charge in [-0.15, -0.1) is 0 Å². The average Bonchev–Trinajstić information content (AvgIpc) is 3.03. The van der Waals surface area contributed by atoms with Crippen LogP contribution in [0.1, 0.15) is 71.6 Å². The number of aliphatic hydroxyl groups excluding tert-OH is 1. The molecule has 9 atom stereocenters. The van der Waals surface area contributed by atoms with Gasteiger partial charge in [0.25, 0.3) is 0 Å². The maximum absolute atomic E-state index is 11.8. The lowest BCUT2D eigenvalue weighted by atomic mass is 9.45. The highest BCUT2D eigenvalue weighted by atomic mass is 16.6. The summed E-state index contributed by atoms with van der Waals surface area (Å²) >= 11 is 0. The molecule has 0 spiro atoms. The van der Waals surface area contributed by atoms with Crippen LogP contribution in [0.25, 0.3) is 0 Å². The first-order chi connectivity index (χ1) is 11.4. The third-order valence-corrected chi connectivity index (χ3v) is 9.40. The summed E-state index contributed by atoms with van der Waals surface area (Å²) in [6.07, 6.45) is 10.5. The van der Waals surface area contributed by atoms with E-state index in [1.165, 1.54) is 38.5 Å². The lowest BCUT2D eigenvalue weighted by Crippen LogP contribution is -2.54. The molecule has 0 radical (unpaired) electrons. The summed E-state index contributed by atoms with van der Waals surface area (Å²) in [4.78, 5) is 11.8. The Labute approximate surface area is 145 Å². The summed E-state index contributed by atoms with van der Waals surface area (Å²) in [5.74, 6) is 3.67. The first kappa shape index (κ1) is 15.7. The summed E-state index contributed by atoms with van der Waals surface area (Å²) in [7, 11) is 0. The van der Waals surface area contributed by atoms with Gasteiger partial charge in [-0.25, -0.2) is 0 Å². The second kappa shape index (κ2) is 4.99. The molecule has 1 aliphatic heterocycles. The van der Waals surface area contributed by atoms with Crippen LogP contribution in [0, 0.1) is 40.4 Å². The van der Waals surface area contributed by atoms with E-state index in [-0.39, 0.29) is 23.6 Å². The van der Waals surface area contributed by atoms with Crippen molar-refractivity contribution in [3.8, 4) is 0 Å². The van der Waals surface area contributed by atoms with Crippen molar-refractivity contribution >= 4 is 5.97 Å². The van der Waals surface area contributed by atoms with E-state index in [2.05, 4.69) is 13.8 Å². The van der Waals surface area contributed by atoms with Gasteiger partial charge in [0.1, 0.15) is 6.10 Å². The lowest BCUT2D eigenvalue weighted by Gasteiger charge is -2.60. The van der Waals surface area contributed by atoms with Gasteiger partial charge in [-0.3, -0.25) is 4.79 Å². The fourth-order valence-corrected chi connectivity index (χ4v) is 8.19. The van der Waals surface area contributed by atoms with Gasteiger partial charge in [-0.1, -0.05) is 13.8 Å². The number of hydrogen-bond acceptors (Lipinski definition) is 3. The van der Waals surface area contributed by atoms with Crippen molar-refractivity contribution < 1.29 is 14.6 Å². The number of rotatable bonds is 0. The number of esters is 1. The Morgan fingerprint density at radius 3 is 2.62 bits per heavy atom. The maximum atomic E-state index is 11.8. The molecule has 0 unspecified atom stereocenters. The normalized spacial score (nSPS) is 59.1. The molecule has 3 nitrogen and oxygen atoms in total. The van der Waals surface area contributed by atoms with Crippen LogP contribution in [0.4, 0.5) is 0 Å². The van der Waals surface area contributed by atoms with Gasteiger partial charge in [0, 0.05) is 11.3 Å². The number of ether oxygens (including phenoxy) is 1. The highest BCUT2D eigenvalue weighted by molar-refractivity contribution is 5.72. The van der Waals surface area contributed by atoms with Crippen LogP contribution >= 0.6 is 0 Å². The van der Waals surface area contributed by atoms with Crippen molar-refractivity contribution in [2.75, 3.05) is 0 Å². The Balaban J connectivity index is 1.44. The molecule has 134 valence electrons. The Morgan fingerprint density at radius 1 is 1.00 bits per heavy atom. The molecule has 0 aromatic heterocycles. The molecule has 0 bridgehead atoms. The molecule has 0 amide bonds. The Hall–Kier alpha value is -0.570. The van der Waals surface area contributed by atoms with E-state index in [0.717, 1.165) is 36.5 Å². The SMILES string of the molecule is C[C@]12CC[C@@H](O)C[C@H]1CC[C@@H]1[C@@H]2CC[C@@]2(C)[C@H]1C[C@H]1CC(=O)O[C@@H]12. The van der Waals surface area contributed by atoms with Crippen LogP contribution in [0.5, 0.6) is 0 Å². The molecular formula is C21H32O3. The van der Waals surface area contributed by atoms with Crippen molar-refractivity contribution in [1.82, 2.24) is 0 Å². The molecule has 0 aromatic rings. The first-order valence-electron chi connectivity index (χ1n) is 10.3. The van der Waals surface area contributed by atoms with Gasteiger partial charge in [0.2, 0.25) is 0 Å². The second-order valence-corrected chi connectivity index (χ2v) is 10.2. The van der Waals surface area contributed by atoms with Crippen LogP contribution in [0.2, 0.25) is 0 Å². The third-order valence-electron chi connectivity index (χ3n) is 9.40. The molecule has 4 aliphatic carbocycles. The number of carbonyl (C=O) groups is 1. The van der Waals surface area contributed by atoms with Crippen LogP contribution in [-0.2, 0) is 9.53 Å². The summed E-state index contributed by atoms with van der Waals surface area (Å²) < 4.78 is 5.81. The molecule has 4 saturated carbocycles. The average molecular weight is 332 g/mol. The van der Waals surface area contributed by atoms with Crippen LogP contribution in [-0.4, -0.2) is 23.3 Å². The third kappa shape index (κ3) is 1.91. The summed E-state index contributed by atoms with van der Waals surface area (Å²) in [6.45, 7) is 4.97. The van der Waals surface area contributed by atoms with Gasteiger partial charge in [-0.2, -0.15) is 0 Å². The zero-order chi connectivity index (χ0) is 16.7. The van der Waals surface area contributed by atoms with E-state index in [1.807, 2.05) is 0 Å². The molecule has 1 saturated heterocycles. The summed E-state index contributed by atoms with van der Waals surface area (Å²) in [5.41, 5.74) is 0.674. The Kier molecular flexibility index (Phi) is 3.26. The molecule has 5 aliphatic rings. The predicted molar refractivity (Wildman–Crippen MR) is 91.1 cm³/mol. The second-order valence-electron chi connectivity index (χ2n) is 10.2. The monoisotopic (exact) mass is 332 g/mol. The van der Waals surface area contributed by atoms with E-state index in [1.54, 1.807) is 0 Å². The minimum Gasteiger partial charge on any atom is -0.461 e. The highest BCUT2D eigenvalue weighted by Crippen LogP contribution is 2.68. The van der Waals surface area contributed by atoms with Crippen molar-refractivity contribution in [2.24, 2.45) is 40.4 Å². The van der Waals surface area contributed by atoms with Gasteiger partial charge in [-0.05, 0) is 80.5 Å². The molecule has 3 heteroatoms. The number of hydrogen-bond donors (Lipinski definition) is 1.